The summed E-state index contributed by atoms with van der Waals surface area (Å²) >= 11 is 0. The van der Waals surface area contributed by atoms with Crippen LogP contribution in [0.4, 0.5) is 0 Å². The van der Waals surface area contributed by atoms with Gasteiger partial charge >= 0.3 is 0 Å². The largest absolute Gasteiger partial charge is 0.353 e. The molecule has 1 heterocycles. The summed E-state index contributed by atoms with van der Waals surface area (Å²) in [5, 5.41) is 2.70. The third-order valence-electron chi connectivity index (χ3n) is 3.71. The van der Waals surface area contributed by atoms with Crippen LogP contribution in [0.2, 0.25) is 0 Å². The number of rotatable bonds is 3. The maximum absolute atomic E-state index is 12.6. The smallest absolute Gasteiger partial charge is 0.241 e. The van der Waals surface area contributed by atoms with Gasteiger partial charge in [0, 0.05) is 13.1 Å². The Labute approximate surface area is 120 Å². The fourth-order valence-electron chi connectivity index (χ4n) is 2.41. The molecule has 6 heteroatoms. The lowest BCUT2D eigenvalue weighted by atomic mass is 10.0. The van der Waals surface area contributed by atoms with Crippen LogP contribution in [0.15, 0.2) is 24.3 Å². The van der Waals surface area contributed by atoms with Crippen LogP contribution < -0.4 is 5.32 Å². The Hall–Kier alpha value is -1.40. The Balaban J connectivity index is 2.31. The van der Waals surface area contributed by atoms with Crippen LogP contribution in [0.25, 0.3) is 0 Å². The zero-order valence-electron chi connectivity index (χ0n) is 12.0. The van der Waals surface area contributed by atoms with E-state index in [1.807, 2.05) is 31.2 Å². The molecule has 0 unspecified atom stereocenters. The fraction of sp³-hybridized carbons (Fsp3) is 0.500. The second kappa shape index (κ2) is 5.18. The molecule has 110 valence electrons. The Morgan fingerprint density at radius 1 is 1.30 bits per heavy atom. The van der Waals surface area contributed by atoms with E-state index in [1.54, 1.807) is 13.8 Å². The summed E-state index contributed by atoms with van der Waals surface area (Å²) in [5.41, 5.74) is 0.671. The topological polar surface area (TPSA) is 66.5 Å². The first-order valence-electron chi connectivity index (χ1n) is 6.58. The second-order valence-electron chi connectivity index (χ2n) is 5.57. The van der Waals surface area contributed by atoms with Gasteiger partial charge in [0.15, 0.2) is 0 Å². The maximum Gasteiger partial charge on any atom is 0.241 e. The molecule has 2 rings (SSSR count). The number of amides is 1. The van der Waals surface area contributed by atoms with E-state index in [0.717, 1.165) is 11.1 Å². The molecule has 0 bridgehead atoms. The molecule has 1 N–H and O–H groups in total. The number of nitrogens with zero attached hydrogens (tertiary/aromatic N) is 1. The van der Waals surface area contributed by atoms with Gasteiger partial charge in [0.1, 0.15) is 5.54 Å². The number of hydrogen-bond acceptors (Lipinski definition) is 3. The zero-order chi connectivity index (χ0) is 15.0. The highest BCUT2D eigenvalue weighted by Crippen LogP contribution is 2.24. The van der Waals surface area contributed by atoms with E-state index in [2.05, 4.69) is 5.32 Å². The van der Waals surface area contributed by atoms with Gasteiger partial charge in [0.25, 0.3) is 0 Å². The van der Waals surface area contributed by atoms with Gasteiger partial charge < -0.3 is 5.32 Å². The van der Waals surface area contributed by atoms with Crippen molar-refractivity contribution in [2.24, 2.45) is 0 Å². The SMILES string of the molecule is Cc1ccccc1CS(=O)(=O)N1CCNC(=O)C1(C)C. The average Bonchev–Trinajstić information content (AvgIpc) is 2.35. The number of carbonyl (C=O) groups excluding carboxylic acids is 1. The van der Waals surface area contributed by atoms with E-state index in [1.165, 1.54) is 4.31 Å². The summed E-state index contributed by atoms with van der Waals surface area (Å²) in [6, 6.07) is 7.40. The van der Waals surface area contributed by atoms with E-state index in [9.17, 15) is 13.2 Å². The van der Waals surface area contributed by atoms with E-state index >= 15 is 0 Å². The third-order valence-corrected chi connectivity index (χ3v) is 5.70. The first-order chi connectivity index (χ1) is 9.25. The average molecular weight is 296 g/mol. The fourth-order valence-corrected chi connectivity index (χ4v) is 4.43. The summed E-state index contributed by atoms with van der Waals surface area (Å²) in [6.07, 6.45) is 0. The molecular weight excluding hydrogens is 276 g/mol. The highest BCUT2D eigenvalue weighted by atomic mass is 32.2. The molecule has 1 aromatic carbocycles. The third kappa shape index (κ3) is 2.71. The van der Waals surface area contributed by atoms with Crippen LogP contribution in [-0.2, 0) is 20.6 Å². The Bertz CT molecular complexity index is 623. The molecule has 0 spiro atoms. The highest BCUT2D eigenvalue weighted by molar-refractivity contribution is 7.88. The standard InChI is InChI=1S/C14H20N2O3S/c1-11-6-4-5-7-12(11)10-20(18,19)16-9-8-15-13(17)14(16,2)3/h4-7H,8-10H2,1-3H3,(H,15,17). The number of benzene rings is 1. The number of hydrogen-bond donors (Lipinski definition) is 1. The minimum atomic E-state index is -3.53. The predicted octanol–water partition coefficient (Wildman–Crippen LogP) is 1.04. The molecule has 0 saturated carbocycles. The predicted molar refractivity (Wildman–Crippen MR) is 77.6 cm³/mol. The van der Waals surface area contributed by atoms with Gasteiger partial charge in [-0.05, 0) is 31.9 Å². The van der Waals surface area contributed by atoms with E-state index in [-0.39, 0.29) is 11.7 Å². The molecule has 0 radical (unpaired) electrons. The number of aryl methyl sites for hydroxylation is 1. The number of nitrogens with one attached hydrogen (secondary N) is 1. The van der Waals surface area contributed by atoms with Crippen molar-refractivity contribution in [3.63, 3.8) is 0 Å². The van der Waals surface area contributed by atoms with Crippen molar-refractivity contribution in [1.82, 2.24) is 9.62 Å². The van der Waals surface area contributed by atoms with Gasteiger partial charge in [0.05, 0.1) is 5.75 Å². The second-order valence-corrected chi connectivity index (χ2v) is 7.46. The Morgan fingerprint density at radius 2 is 1.95 bits per heavy atom. The van der Waals surface area contributed by atoms with Crippen molar-refractivity contribution in [2.45, 2.75) is 32.1 Å². The van der Waals surface area contributed by atoms with Crippen LogP contribution in [0.5, 0.6) is 0 Å². The molecule has 20 heavy (non-hydrogen) atoms. The van der Waals surface area contributed by atoms with Gasteiger partial charge in [-0.3, -0.25) is 4.79 Å². The number of sulfonamides is 1. The molecule has 0 atom stereocenters. The summed E-state index contributed by atoms with van der Waals surface area (Å²) in [5.74, 6) is -0.326. The first-order valence-corrected chi connectivity index (χ1v) is 8.19. The zero-order valence-corrected chi connectivity index (χ0v) is 12.8. The molecule has 5 nitrogen and oxygen atoms in total. The molecule has 1 aliphatic heterocycles. The molecule has 1 saturated heterocycles. The maximum atomic E-state index is 12.6. The van der Waals surface area contributed by atoms with Gasteiger partial charge in [0.2, 0.25) is 15.9 Å². The van der Waals surface area contributed by atoms with E-state index < -0.39 is 15.6 Å². The lowest BCUT2D eigenvalue weighted by Crippen LogP contribution is -2.63. The summed E-state index contributed by atoms with van der Waals surface area (Å²) in [7, 11) is -3.53. The van der Waals surface area contributed by atoms with Crippen LogP contribution in [0, 0.1) is 6.92 Å². The monoisotopic (exact) mass is 296 g/mol. The van der Waals surface area contributed by atoms with Gasteiger partial charge in [-0.15, -0.1) is 0 Å². The van der Waals surface area contributed by atoms with Crippen molar-refractivity contribution in [2.75, 3.05) is 13.1 Å². The minimum absolute atomic E-state index is 0.0730. The Morgan fingerprint density at radius 3 is 2.60 bits per heavy atom. The normalized spacial score (nSPS) is 19.6. The van der Waals surface area contributed by atoms with Crippen molar-refractivity contribution in [3.8, 4) is 0 Å². The van der Waals surface area contributed by atoms with E-state index in [0.29, 0.717) is 13.1 Å². The lowest BCUT2D eigenvalue weighted by Gasteiger charge is -2.40. The van der Waals surface area contributed by atoms with Crippen LogP contribution >= 0.6 is 0 Å². The number of carbonyl (C=O) groups is 1. The molecule has 0 aromatic heterocycles. The molecule has 1 amide bonds. The highest BCUT2D eigenvalue weighted by Gasteiger charge is 2.44. The summed E-state index contributed by atoms with van der Waals surface area (Å²) < 4.78 is 26.5. The van der Waals surface area contributed by atoms with Crippen LogP contribution in [0.1, 0.15) is 25.0 Å². The van der Waals surface area contributed by atoms with Gasteiger partial charge in [-0.2, -0.15) is 4.31 Å². The molecular formula is C14H20N2O3S. The number of piperazine rings is 1. The van der Waals surface area contributed by atoms with E-state index in [4.69, 9.17) is 0 Å². The van der Waals surface area contributed by atoms with Crippen LogP contribution in [-0.4, -0.2) is 37.3 Å². The van der Waals surface area contributed by atoms with Crippen molar-refractivity contribution in [1.29, 1.82) is 0 Å². The van der Waals surface area contributed by atoms with Crippen molar-refractivity contribution < 1.29 is 13.2 Å². The minimum Gasteiger partial charge on any atom is -0.353 e. The lowest BCUT2D eigenvalue weighted by molar-refractivity contribution is -0.131. The van der Waals surface area contributed by atoms with Gasteiger partial charge in [-0.25, -0.2) is 8.42 Å². The summed E-state index contributed by atoms with van der Waals surface area (Å²) in [6.45, 7) is 5.83. The van der Waals surface area contributed by atoms with Crippen molar-refractivity contribution in [3.05, 3.63) is 35.4 Å². The van der Waals surface area contributed by atoms with Crippen LogP contribution in [0.3, 0.4) is 0 Å². The molecule has 1 fully saturated rings. The summed E-state index contributed by atoms with van der Waals surface area (Å²) in [4.78, 5) is 11.9. The van der Waals surface area contributed by atoms with Gasteiger partial charge in [-0.1, -0.05) is 24.3 Å². The molecule has 0 aliphatic carbocycles. The van der Waals surface area contributed by atoms with Crippen molar-refractivity contribution >= 4 is 15.9 Å². The molecule has 1 aliphatic rings. The first kappa shape index (κ1) is 15.0. The Kier molecular flexibility index (Phi) is 3.88. The quantitative estimate of drug-likeness (QED) is 0.906. The molecule has 1 aromatic rings.